The molecule has 168 valence electrons. The molecule has 0 aliphatic carbocycles. The number of benzene rings is 2. The van der Waals surface area contributed by atoms with E-state index in [9.17, 15) is 17.6 Å². The summed E-state index contributed by atoms with van der Waals surface area (Å²) in [4.78, 5) is 16.6. The molecule has 0 saturated heterocycles. The minimum atomic E-state index is -3.80. The molecule has 0 radical (unpaired) electrons. The van der Waals surface area contributed by atoms with Crippen LogP contribution in [0.25, 0.3) is 0 Å². The molecule has 1 aromatic heterocycles. The van der Waals surface area contributed by atoms with Crippen LogP contribution >= 0.6 is 11.3 Å². The first-order chi connectivity index (χ1) is 15.4. The van der Waals surface area contributed by atoms with Crippen molar-refractivity contribution in [2.75, 3.05) is 19.6 Å². The molecule has 0 N–H and O–H groups in total. The van der Waals surface area contributed by atoms with Crippen LogP contribution in [0.2, 0.25) is 0 Å². The summed E-state index contributed by atoms with van der Waals surface area (Å²) in [6.45, 7) is 2.39. The minimum Gasteiger partial charge on any atom is -0.330 e. The maximum Gasteiger partial charge on any atom is 0.243 e. The Morgan fingerprint density at radius 3 is 2.53 bits per heavy atom. The third-order valence-corrected chi connectivity index (χ3v) is 8.49. The molecule has 8 heteroatoms. The summed E-state index contributed by atoms with van der Waals surface area (Å²) in [5.41, 5.74) is 1.83. The Kier molecular flexibility index (Phi) is 6.74. The maximum absolute atomic E-state index is 13.5. The van der Waals surface area contributed by atoms with E-state index in [2.05, 4.69) is 0 Å². The van der Waals surface area contributed by atoms with Crippen molar-refractivity contribution in [1.82, 2.24) is 9.21 Å². The first kappa shape index (κ1) is 22.6. The fraction of sp³-hybridized carbons (Fsp3) is 0.292. The second-order valence-corrected chi connectivity index (χ2v) is 10.7. The SMILES string of the molecule is CCCN(CC(=O)N1CCc2sccc2C1c1ccc(F)cc1)S(=O)(=O)c1ccccc1. The van der Waals surface area contributed by atoms with Crippen LogP contribution in [-0.4, -0.2) is 43.2 Å². The van der Waals surface area contributed by atoms with Gasteiger partial charge in [-0.1, -0.05) is 37.3 Å². The summed E-state index contributed by atoms with van der Waals surface area (Å²) in [5.74, 6) is -0.597. The maximum atomic E-state index is 13.5. The molecule has 0 spiro atoms. The van der Waals surface area contributed by atoms with Gasteiger partial charge in [0, 0.05) is 18.0 Å². The van der Waals surface area contributed by atoms with Crippen molar-refractivity contribution in [3.8, 4) is 0 Å². The summed E-state index contributed by atoms with van der Waals surface area (Å²) in [6.07, 6.45) is 1.31. The van der Waals surface area contributed by atoms with E-state index >= 15 is 0 Å². The fourth-order valence-electron chi connectivity index (χ4n) is 4.11. The highest BCUT2D eigenvalue weighted by atomic mass is 32.2. The van der Waals surface area contributed by atoms with Crippen LogP contribution in [0.3, 0.4) is 0 Å². The van der Waals surface area contributed by atoms with Gasteiger partial charge in [0.05, 0.1) is 17.5 Å². The molecule has 0 bridgehead atoms. The lowest BCUT2D eigenvalue weighted by molar-refractivity contribution is -0.133. The van der Waals surface area contributed by atoms with E-state index in [0.717, 1.165) is 17.5 Å². The predicted molar refractivity (Wildman–Crippen MR) is 123 cm³/mol. The molecule has 1 unspecified atom stereocenters. The van der Waals surface area contributed by atoms with E-state index in [1.165, 1.54) is 21.3 Å². The Hall–Kier alpha value is -2.55. The lowest BCUT2D eigenvalue weighted by atomic mass is 9.93. The first-order valence-electron chi connectivity index (χ1n) is 10.6. The summed E-state index contributed by atoms with van der Waals surface area (Å²) >= 11 is 1.65. The third kappa shape index (κ3) is 4.48. The Bertz CT molecular complexity index is 1180. The molecule has 1 amide bonds. The van der Waals surface area contributed by atoms with E-state index in [0.29, 0.717) is 13.0 Å². The highest BCUT2D eigenvalue weighted by Gasteiger charge is 2.35. The van der Waals surface area contributed by atoms with Crippen molar-refractivity contribution < 1.29 is 17.6 Å². The van der Waals surface area contributed by atoms with Crippen molar-refractivity contribution >= 4 is 27.3 Å². The van der Waals surface area contributed by atoms with Crippen LogP contribution in [0.1, 0.15) is 35.4 Å². The van der Waals surface area contributed by atoms with Gasteiger partial charge in [0.25, 0.3) is 0 Å². The number of thiophene rings is 1. The van der Waals surface area contributed by atoms with Gasteiger partial charge < -0.3 is 4.90 Å². The Morgan fingerprint density at radius 1 is 1.12 bits per heavy atom. The van der Waals surface area contributed by atoms with E-state index in [1.807, 2.05) is 18.4 Å². The van der Waals surface area contributed by atoms with E-state index in [-0.39, 0.29) is 35.8 Å². The Morgan fingerprint density at radius 2 is 1.84 bits per heavy atom. The van der Waals surface area contributed by atoms with Crippen molar-refractivity contribution in [2.45, 2.75) is 30.7 Å². The van der Waals surface area contributed by atoms with Gasteiger partial charge in [-0.15, -0.1) is 11.3 Å². The number of carbonyl (C=O) groups excluding carboxylic acids is 1. The highest BCUT2D eigenvalue weighted by molar-refractivity contribution is 7.89. The predicted octanol–water partition coefficient (Wildman–Crippen LogP) is 4.46. The van der Waals surface area contributed by atoms with E-state index in [1.54, 1.807) is 58.7 Å². The largest absolute Gasteiger partial charge is 0.330 e. The molecular formula is C24H25FN2O3S2. The van der Waals surface area contributed by atoms with Crippen LogP contribution < -0.4 is 0 Å². The molecule has 2 aromatic carbocycles. The van der Waals surface area contributed by atoms with Crippen LogP contribution in [0.4, 0.5) is 4.39 Å². The summed E-state index contributed by atoms with van der Waals surface area (Å²) in [7, 11) is -3.80. The number of nitrogens with zero attached hydrogens (tertiary/aromatic N) is 2. The third-order valence-electron chi connectivity index (χ3n) is 5.64. The van der Waals surface area contributed by atoms with Gasteiger partial charge >= 0.3 is 0 Å². The standard InChI is InChI=1S/C24H25FN2O3S2/c1-2-14-26(32(29,30)20-6-4-3-5-7-20)17-23(28)27-15-12-22-21(13-16-31-22)24(27)18-8-10-19(25)11-9-18/h3-11,13,16,24H,2,12,14-15,17H2,1H3. The number of sulfonamides is 1. The van der Waals surface area contributed by atoms with Gasteiger partial charge in [-0.25, -0.2) is 12.8 Å². The molecule has 32 heavy (non-hydrogen) atoms. The minimum absolute atomic E-state index is 0.176. The lowest BCUT2D eigenvalue weighted by Crippen LogP contribution is -2.46. The Labute approximate surface area is 192 Å². The summed E-state index contributed by atoms with van der Waals surface area (Å²) < 4.78 is 41.2. The Balaban J connectivity index is 1.65. The molecule has 4 rings (SSSR count). The first-order valence-corrected chi connectivity index (χ1v) is 12.9. The topological polar surface area (TPSA) is 57.7 Å². The van der Waals surface area contributed by atoms with Crippen molar-refractivity contribution in [1.29, 1.82) is 0 Å². The molecular weight excluding hydrogens is 447 g/mol. The number of carbonyl (C=O) groups is 1. The monoisotopic (exact) mass is 472 g/mol. The molecule has 1 atom stereocenters. The number of hydrogen-bond donors (Lipinski definition) is 0. The number of halogens is 1. The van der Waals surface area contributed by atoms with E-state index in [4.69, 9.17) is 0 Å². The molecule has 0 saturated carbocycles. The molecule has 1 aliphatic rings. The van der Waals surface area contributed by atoms with Gasteiger partial charge in [-0.2, -0.15) is 4.31 Å². The van der Waals surface area contributed by atoms with Crippen LogP contribution in [0.15, 0.2) is 70.9 Å². The average Bonchev–Trinajstić information content (AvgIpc) is 3.28. The van der Waals surface area contributed by atoms with Crippen molar-refractivity contribution in [2.24, 2.45) is 0 Å². The van der Waals surface area contributed by atoms with Crippen LogP contribution in [0, 0.1) is 5.82 Å². The molecule has 3 aromatic rings. The fourth-order valence-corrected chi connectivity index (χ4v) is 6.51. The second kappa shape index (κ2) is 9.52. The summed E-state index contributed by atoms with van der Waals surface area (Å²) in [6, 6.07) is 16.0. The molecule has 1 aliphatic heterocycles. The zero-order valence-corrected chi connectivity index (χ0v) is 19.4. The number of hydrogen-bond acceptors (Lipinski definition) is 4. The van der Waals surface area contributed by atoms with Crippen LogP contribution in [0.5, 0.6) is 0 Å². The normalized spacial score (nSPS) is 16.2. The van der Waals surface area contributed by atoms with Crippen molar-refractivity contribution in [3.05, 3.63) is 87.9 Å². The summed E-state index contributed by atoms with van der Waals surface area (Å²) in [5, 5.41) is 2.00. The quantitative estimate of drug-likeness (QED) is 0.510. The molecule has 0 fully saturated rings. The highest BCUT2D eigenvalue weighted by Crippen LogP contribution is 2.38. The second-order valence-electron chi connectivity index (χ2n) is 7.74. The zero-order chi connectivity index (χ0) is 22.7. The van der Waals surface area contributed by atoms with Crippen molar-refractivity contribution in [3.63, 3.8) is 0 Å². The number of fused-ring (bicyclic) bond motifs is 1. The smallest absolute Gasteiger partial charge is 0.243 e. The zero-order valence-electron chi connectivity index (χ0n) is 17.8. The van der Waals surface area contributed by atoms with Gasteiger partial charge in [0.1, 0.15) is 5.82 Å². The van der Waals surface area contributed by atoms with Gasteiger partial charge in [-0.3, -0.25) is 4.79 Å². The van der Waals surface area contributed by atoms with Gasteiger partial charge in [0.15, 0.2) is 0 Å². The number of rotatable bonds is 7. The average molecular weight is 473 g/mol. The van der Waals surface area contributed by atoms with Gasteiger partial charge in [-0.05, 0) is 59.7 Å². The van der Waals surface area contributed by atoms with Gasteiger partial charge in [0.2, 0.25) is 15.9 Å². The number of amides is 1. The van der Waals surface area contributed by atoms with Crippen LogP contribution in [-0.2, 0) is 21.2 Å². The molecule has 5 nitrogen and oxygen atoms in total. The molecule has 2 heterocycles. The van der Waals surface area contributed by atoms with E-state index < -0.39 is 10.0 Å². The lowest BCUT2D eigenvalue weighted by Gasteiger charge is -2.37.